The van der Waals surface area contributed by atoms with Crippen LogP contribution in [0.5, 0.6) is 0 Å². The second-order valence-corrected chi connectivity index (χ2v) is 10.5. The molecule has 23 heavy (non-hydrogen) atoms. The summed E-state index contributed by atoms with van der Waals surface area (Å²) in [6.45, 7) is 2.33. The first-order chi connectivity index (χ1) is 10.9. The number of hydrogen-bond donors (Lipinski definition) is 2. The average molecular weight is 319 g/mol. The molecule has 0 unspecified atom stereocenters. The first-order valence-corrected chi connectivity index (χ1v) is 10.3. The Bertz CT molecular complexity index is 504. The van der Waals surface area contributed by atoms with Crippen LogP contribution in [0.3, 0.4) is 0 Å². The standard InChI is InChI=1S/C21H34O2/c1-18-6-4-11-21(23,14-18)15-12-20(17(15)16(22)13-18)10-5-9-19(20)7-2-3-8-19/h15-17,22-23H,2-14H2,1H3/t15-,16-,17+,18+,20-,21-/m1/s1. The first kappa shape index (κ1) is 15.2. The fraction of sp³-hybridized carbons (Fsp3) is 1.00. The summed E-state index contributed by atoms with van der Waals surface area (Å²) in [6.07, 6.45) is 16.0. The van der Waals surface area contributed by atoms with E-state index in [0.29, 0.717) is 22.7 Å². The summed E-state index contributed by atoms with van der Waals surface area (Å²) in [5.41, 5.74) is 0.622. The van der Waals surface area contributed by atoms with Gasteiger partial charge in [-0.25, -0.2) is 0 Å². The smallest absolute Gasteiger partial charge is 0.0685 e. The van der Waals surface area contributed by atoms with Gasteiger partial charge >= 0.3 is 0 Å². The normalized spacial score (nSPS) is 57.3. The van der Waals surface area contributed by atoms with Crippen LogP contribution in [-0.2, 0) is 0 Å². The molecule has 6 atom stereocenters. The predicted octanol–water partition coefficient (Wildman–Crippen LogP) is 4.43. The van der Waals surface area contributed by atoms with Gasteiger partial charge in [0.05, 0.1) is 11.7 Å². The van der Waals surface area contributed by atoms with Crippen molar-refractivity contribution < 1.29 is 10.2 Å². The van der Waals surface area contributed by atoms with Crippen LogP contribution in [-0.4, -0.2) is 21.9 Å². The van der Waals surface area contributed by atoms with Crippen molar-refractivity contribution in [2.75, 3.05) is 0 Å². The predicted molar refractivity (Wildman–Crippen MR) is 90.9 cm³/mol. The lowest BCUT2D eigenvalue weighted by atomic mass is 9.40. The van der Waals surface area contributed by atoms with Crippen molar-refractivity contribution in [1.82, 2.24) is 0 Å². The molecule has 2 nitrogen and oxygen atoms in total. The van der Waals surface area contributed by atoms with E-state index >= 15 is 0 Å². The van der Waals surface area contributed by atoms with Gasteiger partial charge in [0, 0.05) is 0 Å². The summed E-state index contributed by atoms with van der Waals surface area (Å²) in [5, 5.41) is 22.8. The Kier molecular flexibility index (Phi) is 3.01. The maximum Gasteiger partial charge on any atom is 0.0685 e. The van der Waals surface area contributed by atoms with E-state index in [2.05, 4.69) is 6.92 Å². The highest BCUT2D eigenvalue weighted by Gasteiger charge is 2.72. The summed E-state index contributed by atoms with van der Waals surface area (Å²) in [4.78, 5) is 0. The molecule has 0 aromatic carbocycles. The van der Waals surface area contributed by atoms with Crippen molar-refractivity contribution in [2.24, 2.45) is 28.1 Å². The number of aliphatic hydroxyl groups is 2. The van der Waals surface area contributed by atoms with Crippen LogP contribution in [0.25, 0.3) is 0 Å². The molecule has 2 N–H and O–H groups in total. The molecule has 0 aliphatic heterocycles. The minimum Gasteiger partial charge on any atom is -0.393 e. The van der Waals surface area contributed by atoms with Gasteiger partial charge in [0.15, 0.2) is 0 Å². The Labute approximate surface area is 141 Å². The Balaban J connectivity index is 1.55. The van der Waals surface area contributed by atoms with Gasteiger partial charge in [0.1, 0.15) is 0 Å². The molecule has 130 valence electrons. The SMILES string of the molecule is C[C@@]12CCC[C@@](O)(C1)[C@@H]1C[C@]3(CCCC34CCCC4)[C@@H]1[C@H](O)C2. The summed E-state index contributed by atoms with van der Waals surface area (Å²) >= 11 is 0. The topological polar surface area (TPSA) is 40.5 Å². The molecule has 2 bridgehead atoms. The zero-order valence-electron chi connectivity index (χ0n) is 14.8. The van der Waals surface area contributed by atoms with E-state index in [1.54, 1.807) is 0 Å². The number of aliphatic hydroxyl groups excluding tert-OH is 1. The van der Waals surface area contributed by atoms with Crippen molar-refractivity contribution >= 4 is 0 Å². The van der Waals surface area contributed by atoms with Gasteiger partial charge in [-0.3, -0.25) is 0 Å². The quantitative estimate of drug-likeness (QED) is 0.693. The molecular formula is C21H34O2. The molecule has 5 aliphatic carbocycles. The lowest BCUT2D eigenvalue weighted by Gasteiger charge is -2.65. The molecule has 0 radical (unpaired) electrons. The Morgan fingerprint density at radius 3 is 2.30 bits per heavy atom. The molecule has 0 heterocycles. The van der Waals surface area contributed by atoms with Crippen molar-refractivity contribution in [1.29, 1.82) is 0 Å². The van der Waals surface area contributed by atoms with Crippen LogP contribution in [0.2, 0.25) is 0 Å². The van der Waals surface area contributed by atoms with Crippen molar-refractivity contribution in [3.8, 4) is 0 Å². The summed E-state index contributed by atoms with van der Waals surface area (Å²) in [5.74, 6) is 0.781. The Hall–Kier alpha value is -0.0800. The summed E-state index contributed by atoms with van der Waals surface area (Å²) in [7, 11) is 0. The van der Waals surface area contributed by atoms with E-state index in [0.717, 1.165) is 25.7 Å². The third kappa shape index (κ3) is 1.78. The van der Waals surface area contributed by atoms with Crippen LogP contribution in [0, 0.1) is 28.1 Å². The zero-order valence-corrected chi connectivity index (χ0v) is 14.8. The molecular weight excluding hydrogens is 284 g/mol. The van der Waals surface area contributed by atoms with E-state index in [-0.39, 0.29) is 11.5 Å². The molecule has 5 rings (SSSR count). The molecule has 0 aromatic rings. The zero-order chi connectivity index (χ0) is 15.9. The van der Waals surface area contributed by atoms with Gasteiger partial charge in [0.25, 0.3) is 0 Å². The second-order valence-electron chi connectivity index (χ2n) is 10.5. The highest BCUT2D eigenvalue weighted by Crippen LogP contribution is 2.77. The van der Waals surface area contributed by atoms with Gasteiger partial charge in [-0.2, -0.15) is 0 Å². The van der Waals surface area contributed by atoms with E-state index in [1.165, 1.54) is 57.8 Å². The summed E-state index contributed by atoms with van der Waals surface area (Å²) in [6, 6.07) is 0. The minimum atomic E-state index is -0.469. The number of rotatable bonds is 0. The highest BCUT2D eigenvalue weighted by atomic mass is 16.3. The first-order valence-electron chi connectivity index (χ1n) is 10.3. The van der Waals surface area contributed by atoms with E-state index in [1.807, 2.05) is 0 Å². The fourth-order valence-electron chi connectivity index (χ4n) is 8.80. The van der Waals surface area contributed by atoms with Gasteiger partial charge < -0.3 is 10.2 Å². The molecule has 5 aliphatic rings. The van der Waals surface area contributed by atoms with Crippen LogP contribution in [0.1, 0.15) is 90.4 Å². The Morgan fingerprint density at radius 2 is 1.52 bits per heavy atom. The molecule has 0 aromatic heterocycles. The molecule has 5 saturated carbocycles. The highest BCUT2D eigenvalue weighted by molar-refractivity contribution is 5.21. The third-order valence-electron chi connectivity index (χ3n) is 9.48. The van der Waals surface area contributed by atoms with E-state index < -0.39 is 5.60 Å². The minimum absolute atomic E-state index is 0.165. The molecule has 2 spiro atoms. The van der Waals surface area contributed by atoms with Crippen molar-refractivity contribution in [2.45, 2.75) is 102 Å². The van der Waals surface area contributed by atoms with E-state index in [9.17, 15) is 10.2 Å². The van der Waals surface area contributed by atoms with Crippen LogP contribution in [0.15, 0.2) is 0 Å². The molecule has 0 amide bonds. The fourth-order valence-corrected chi connectivity index (χ4v) is 8.80. The van der Waals surface area contributed by atoms with Crippen LogP contribution in [0.4, 0.5) is 0 Å². The van der Waals surface area contributed by atoms with Crippen LogP contribution >= 0.6 is 0 Å². The molecule has 0 saturated heterocycles. The third-order valence-corrected chi connectivity index (χ3v) is 9.48. The van der Waals surface area contributed by atoms with Crippen LogP contribution < -0.4 is 0 Å². The van der Waals surface area contributed by atoms with Gasteiger partial charge in [-0.15, -0.1) is 0 Å². The molecule has 5 fully saturated rings. The number of hydrogen-bond acceptors (Lipinski definition) is 2. The monoisotopic (exact) mass is 318 g/mol. The molecule has 2 heteroatoms. The van der Waals surface area contributed by atoms with Crippen molar-refractivity contribution in [3.63, 3.8) is 0 Å². The van der Waals surface area contributed by atoms with Crippen molar-refractivity contribution in [3.05, 3.63) is 0 Å². The van der Waals surface area contributed by atoms with Gasteiger partial charge in [0.2, 0.25) is 0 Å². The largest absolute Gasteiger partial charge is 0.393 e. The maximum atomic E-state index is 11.5. The van der Waals surface area contributed by atoms with Gasteiger partial charge in [-0.1, -0.05) is 32.6 Å². The summed E-state index contributed by atoms with van der Waals surface area (Å²) < 4.78 is 0. The number of fused-ring (bicyclic) bond motifs is 6. The Morgan fingerprint density at radius 1 is 0.826 bits per heavy atom. The maximum absolute atomic E-state index is 11.5. The lowest BCUT2D eigenvalue weighted by molar-refractivity contribution is -0.226. The average Bonchev–Trinajstić information content (AvgIpc) is 3.03. The van der Waals surface area contributed by atoms with Gasteiger partial charge in [-0.05, 0) is 85.9 Å². The second kappa shape index (κ2) is 4.55. The van der Waals surface area contributed by atoms with E-state index in [4.69, 9.17) is 0 Å². The lowest BCUT2D eigenvalue weighted by Crippen LogP contribution is -2.64.